The Hall–Kier alpha value is -2.20. The number of anilines is 1. The van der Waals surface area contributed by atoms with Gasteiger partial charge in [0.05, 0.1) is 0 Å². The van der Waals surface area contributed by atoms with Crippen molar-refractivity contribution in [1.29, 1.82) is 0 Å². The van der Waals surface area contributed by atoms with Crippen LogP contribution >= 0.6 is 0 Å². The predicted molar refractivity (Wildman–Crippen MR) is 96.8 cm³/mol. The standard InChI is InChI=1S/C20H25N3O/c1-20(2,3)22-12-14-4-6-18(7-5-14)23-19(24)16-10-15-8-9-21-13-17(15)11-16/h4-9,13,16,22H,10-12H2,1-3H3,(H,23,24). The number of hydrogen-bond donors (Lipinski definition) is 2. The van der Waals surface area contributed by atoms with E-state index in [0.717, 1.165) is 25.1 Å². The van der Waals surface area contributed by atoms with E-state index in [0.29, 0.717) is 0 Å². The zero-order chi connectivity index (χ0) is 17.2. The van der Waals surface area contributed by atoms with E-state index in [9.17, 15) is 4.79 Å². The van der Waals surface area contributed by atoms with Gasteiger partial charge in [0.15, 0.2) is 0 Å². The largest absolute Gasteiger partial charge is 0.326 e. The maximum atomic E-state index is 12.5. The van der Waals surface area contributed by atoms with Gasteiger partial charge in [0.2, 0.25) is 5.91 Å². The van der Waals surface area contributed by atoms with Crippen molar-refractivity contribution < 1.29 is 4.79 Å². The Morgan fingerprint density at radius 1 is 1.12 bits per heavy atom. The van der Waals surface area contributed by atoms with Gasteiger partial charge in [0.1, 0.15) is 0 Å². The van der Waals surface area contributed by atoms with Crippen molar-refractivity contribution >= 4 is 11.6 Å². The molecule has 2 aromatic rings. The first-order valence-corrected chi connectivity index (χ1v) is 8.47. The van der Waals surface area contributed by atoms with Crippen LogP contribution < -0.4 is 10.6 Å². The fourth-order valence-corrected chi connectivity index (χ4v) is 2.94. The zero-order valence-electron chi connectivity index (χ0n) is 14.6. The Morgan fingerprint density at radius 2 is 1.83 bits per heavy atom. The third-order valence-electron chi connectivity index (χ3n) is 4.35. The van der Waals surface area contributed by atoms with E-state index in [2.05, 4.69) is 48.5 Å². The van der Waals surface area contributed by atoms with E-state index in [-0.39, 0.29) is 17.4 Å². The van der Waals surface area contributed by atoms with Crippen LogP contribution in [-0.4, -0.2) is 16.4 Å². The fourth-order valence-electron chi connectivity index (χ4n) is 2.94. The Labute approximate surface area is 143 Å². The fraction of sp³-hybridized carbons (Fsp3) is 0.400. The number of nitrogens with zero attached hydrogens (tertiary/aromatic N) is 1. The van der Waals surface area contributed by atoms with Gasteiger partial charge in [-0.2, -0.15) is 0 Å². The van der Waals surface area contributed by atoms with E-state index in [1.807, 2.05) is 24.4 Å². The smallest absolute Gasteiger partial charge is 0.228 e. The number of nitrogens with one attached hydrogen (secondary N) is 2. The lowest BCUT2D eigenvalue weighted by Gasteiger charge is -2.20. The number of benzene rings is 1. The molecule has 3 rings (SSSR count). The minimum Gasteiger partial charge on any atom is -0.326 e. The van der Waals surface area contributed by atoms with Crippen molar-refractivity contribution in [2.45, 2.75) is 45.7 Å². The minimum atomic E-state index is 0.00596. The molecule has 1 unspecified atom stereocenters. The second kappa shape index (κ2) is 6.73. The molecule has 1 amide bonds. The average molecular weight is 323 g/mol. The summed E-state index contributed by atoms with van der Waals surface area (Å²) in [4.78, 5) is 16.6. The lowest BCUT2D eigenvalue weighted by atomic mass is 10.1. The molecule has 1 aromatic carbocycles. The normalized spacial score (nSPS) is 16.7. The van der Waals surface area contributed by atoms with Crippen LogP contribution in [0.5, 0.6) is 0 Å². The number of amides is 1. The van der Waals surface area contributed by atoms with Crippen LogP contribution in [0.25, 0.3) is 0 Å². The third-order valence-corrected chi connectivity index (χ3v) is 4.35. The highest BCUT2D eigenvalue weighted by molar-refractivity contribution is 5.93. The Bertz CT molecular complexity index is 691. The van der Waals surface area contributed by atoms with Gasteiger partial charge in [-0.3, -0.25) is 9.78 Å². The summed E-state index contributed by atoms with van der Waals surface area (Å²) >= 11 is 0. The third kappa shape index (κ3) is 4.20. The molecule has 0 radical (unpaired) electrons. The highest BCUT2D eigenvalue weighted by Crippen LogP contribution is 2.26. The van der Waals surface area contributed by atoms with E-state index in [1.54, 1.807) is 6.20 Å². The number of pyridine rings is 1. The zero-order valence-corrected chi connectivity index (χ0v) is 14.6. The summed E-state index contributed by atoms with van der Waals surface area (Å²) in [6.45, 7) is 7.27. The first-order valence-electron chi connectivity index (χ1n) is 8.47. The van der Waals surface area contributed by atoms with Crippen molar-refractivity contribution in [3.05, 3.63) is 59.4 Å². The van der Waals surface area contributed by atoms with Gasteiger partial charge in [-0.1, -0.05) is 12.1 Å². The Morgan fingerprint density at radius 3 is 2.50 bits per heavy atom. The molecule has 0 saturated heterocycles. The van der Waals surface area contributed by atoms with Crippen LogP contribution in [0.15, 0.2) is 42.7 Å². The number of fused-ring (bicyclic) bond motifs is 1. The van der Waals surface area contributed by atoms with Crippen molar-refractivity contribution in [2.24, 2.45) is 5.92 Å². The number of carbonyl (C=O) groups excluding carboxylic acids is 1. The molecule has 0 saturated carbocycles. The molecule has 0 aliphatic heterocycles. The van der Waals surface area contributed by atoms with Crippen LogP contribution in [-0.2, 0) is 24.2 Å². The molecule has 0 bridgehead atoms. The first-order chi connectivity index (χ1) is 11.4. The lowest BCUT2D eigenvalue weighted by Crippen LogP contribution is -2.35. The van der Waals surface area contributed by atoms with Gasteiger partial charge >= 0.3 is 0 Å². The topological polar surface area (TPSA) is 54.0 Å². The van der Waals surface area contributed by atoms with E-state index in [1.165, 1.54) is 16.7 Å². The highest BCUT2D eigenvalue weighted by Gasteiger charge is 2.27. The van der Waals surface area contributed by atoms with Crippen molar-refractivity contribution in [3.63, 3.8) is 0 Å². The van der Waals surface area contributed by atoms with E-state index < -0.39 is 0 Å². The molecule has 0 fully saturated rings. The van der Waals surface area contributed by atoms with Gasteiger partial charge < -0.3 is 10.6 Å². The number of carbonyl (C=O) groups is 1. The quantitative estimate of drug-likeness (QED) is 0.907. The maximum Gasteiger partial charge on any atom is 0.228 e. The SMILES string of the molecule is CC(C)(C)NCc1ccc(NC(=O)C2Cc3ccncc3C2)cc1. The van der Waals surface area contributed by atoms with Crippen molar-refractivity contribution in [2.75, 3.05) is 5.32 Å². The molecule has 1 aromatic heterocycles. The molecule has 4 heteroatoms. The molecule has 1 aliphatic rings. The van der Waals surface area contributed by atoms with Gasteiger partial charge in [0, 0.05) is 36.1 Å². The van der Waals surface area contributed by atoms with Crippen LogP contribution in [0.4, 0.5) is 5.69 Å². The molecule has 0 spiro atoms. The van der Waals surface area contributed by atoms with Crippen molar-refractivity contribution in [3.8, 4) is 0 Å². The average Bonchev–Trinajstić information content (AvgIpc) is 2.98. The molecule has 126 valence electrons. The lowest BCUT2D eigenvalue weighted by molar-refractivity contribution is -0.119. The summed E-state index contributed by atoms with van der Waals surface area (Å²) in [6, 6.07) is 10.1. The minimum absolute atomic E-state index is 0.00596. The maximum absolute atomic E-state index is 12.5. The van der Waals surface area contributed by atoms with Gasteiger partial charge in [-0.15, -0.1) is 0 Å². The molecular weight excluding hydrogens is 298 g/mol. The first kappa shape index (κ1) is 16.7. The highest BCUT2D eigenvalue weighted by atomic mass is 16.1. The van der Waals surface area contributed by atoms with Crippen LogP contribution in [0.3, 0.4) is 0 Å². The summed E-state index contributed by atoms with van der Waals surface area (Å²) in [5.74, 6) is 0.0956. The van der Waals surface area contributed by atoms with E-state index in [4.69, 9.17) is 0 Å². The Kier molecular flexibility index (Phi) is 4.67. The van der Waals surface area contributed by atoms with Gasteiger partial charge in [-0.05, 0) is 68.5 Å². The summed E-state index contributed by atoms with van der Waals surface area (Å²) in [5.41, 5.74) is 4.60. The molecule has 2 N–H and O–H groups in total. The molecule has 1 heterocycles. The molecule has 24 heavy (non-hydrogen) atoms. The summed E-state index contributed by atoms with van der Waals surface area (Å²) in [5, 5.41) is 6.50. The number of rotatable bonds is 4. The van der Waals surface area contributed by atoms with Crippen LogP contribution in [0, 0.1) is 5.92 Å². The number of hydrogen-bond acceptors (Lipinski definition) is 3. The number of aromatic nitrogens is 1. The Balaban J connectivity index is 1.56. The summed E-state index contributed by atoms with van der Waals surface area (Å²) < 4.78 is 0. The second-order valence-corrected chi connectivity index (χ2v) is 7.54. The molecule has 4 nitrogen and oxygen atoms in total. The monoisotopic (exact) mass is 323 g/mol. The van der Waals surface area contributed by atoms with E-state index >= 15 is 0 Å². The molecular formula is C20H25N3O. The second-order valence-electron chi connectivity index (χ2n) is 7.54. The van der Waals surface area contributed by atoms with Gasteiger partial charge in [0.25, 0.3) is 0 Å². The van der Waals surface area contributed by atoms with Crippen molar-refractivity contribution in [1.82, 2.24) is 10.3 Å². The van der Waals surface area contributed by atoms with Crippen LogP contribution in [0.2, 0.25) is 0 Å². The summed E-state index contributed by atoms with van der Waals surface area (Å²) in [7, 11) is 0. The molecule has 1 atom stereocenters. The summed E-state index contributed by atoms with van der Waals surface area (Å²) in [6.07, 6.45) is 5.25. The van der Waals surface area contributed by atoms with Gasteiger partial charge in [-0.25, -0.2) is 0 Å². The molecule has 1 aliphatic carbocycles. The predicted octanol–water partition coefficient (Wildman–Crippen LogP) is 3.32. The van der Waals surface area contributed by atoms with Crippen LogP contribution in [0.1, 0.15) is 37.5 Å².